The highest BCUT2D eigenvalue weighted by Crippen LogP contribution is 2.39. The van der Waals surface area contributed by atoms with Gasteiger partial charge in [-0.1, -0.05) is 54.1 Å². The fourth-order valence-electron chi connectivity index (χ4n) is 3.83. The highest BCUT2D eigenvalue weighted by molar-refractivity contribution is 6.31. The number of nitrogens with zero attached hydrogens (tertiary/aromatic N) is 1. The molecule has 3 aromatic carbocycles. The van der Waals surface area contributed by atoms with E-state index in [0.717, 1.165) is 28.2 Å². The van der Waals surface area contributed by atoms with Crippen molar-refractivity contribution in [2.24, 2.45) is 4.99 Å². The average Bonchev–Trinajstić information content (AvgIpc) is 2.80. The summed E-state index contributed by atoms with van der Waals surface area (Å²) in [5.41, 5.74) is 3.53. The van der Waals surface area contributed by atoms with Crippen LogP contribution in [0.1, 0.15) is 42.2 Å². The fraction of sp³-hybridized carbons (Fsp3) is 0.240. The number of nitrogens with one attached hydrogen (secondary N) is 1. The van der Waals surface area contributed by atoms with E-state index in [-0.39, 0.29) is 18.0 Å². The molecule has 0 bridgehead atoms. The van der Waals surface area contributed by atoms with Gasteiger partial charge in [0.1, 0.15) is 11.9 Å². The molecular formula is C25H25ClN2O3. The van der Waals surface area contributed by atoms with Gasteiger partial charge in [-0.2, -0.15) is 0 Å². The molecular weight excluding hydrogens is 412 g/mol. The Morgan fingerprint density at radius 1 is 1.06 bits per heavy atom. The molecule has 0 aromatic heterocycles. The molecule has 1 aliphatic heterocycles. The average molecular weight is 437 g/mol. The van der Waals surface area contributed by atoms with Crippen LogP contribution in [0.5, 0.6) is 17.2 Å². The van der Waals surface area contributed by atoms with E-state index >= 15 is 0 Å². The quantitative estimate of drug-likeness (QED) is 0.522. The Hall–Kier alpha value is -3.02. The Morgan fingerprint density at radius 3 is 2.61 bits per heavy atom. The SMILES string of the molecule is CCOc1cccc([C@@H]2CC(c3cccc(OC)c3)=N[C@@H](c3ccccc3Cl)N2)c1O. The Bertz CT molecular complexity index is 1100. The number of phenolic OH excluding ortho intramolecular Hbond substituents is 1. The van der Waals surface area contributed by atoms with E-state index in [0.29, 0.717) is 23.8 Å². The highest BCUT2D eigenvalue weighted by atomic mass is 35.5. The lowest BCUT2D eigenvalue weighted by Gasteiger charge is -2.31. The first-order valence-corrected chi connectivity index (χ1v) is 10.6. The third-order valence-electron chi connectivity index (χ3n) is 5.35. The van der Waals surface area contributed by atoms with Gasteiger partial charge in [0.25, 0.3) is 0 Å². The summed E-state index contributed by atoms with van der Waals surface area (Å²) < 4.78 is 11.0. The van der Waals surface area contributed by atoms with Crippen LogP contribution in [-0.4, -0.2) is 24.5 Å². The van der Waals surface area contributed by atoms with Gasteiger partial charge in [-0.15, -0.1) is 0 Å². The van der Waals surface area contributed by atoms with Gasteiger partial charge in [0.15, 0.2) is 11.5 Å². The van der Waals surface area contributed by atoms with Gasteiger partial charge in [0.05, 0.1) is 13.7 Å². The molecule has 0 saturated carbocycles. The van der Waals surface area contributed by atoms with Crippen molar-refractivity contribution in [3.8, 4) is 17.2 Å². The third kappa shape index (κ3) is 4.53. The van der Waals surface area contributed by atoms with Gasteiger partial charge in [-0.05, 0) is 36.8 Å². The maximum atomic E-state index is 10.9. The largest absolute Gasteiger partial charge is 0.504 e. The predicted molar refractivity (Wildman–Crippen MR) is 123 cm³/mol. The van der Waals surface area contributed by atoms with Gasteiger partial charge in [0, 0.05) is 34.3 Å². The van der Waals surface area contributed by atoms with E-state index in [4.69, 9.17) is 26.1 Å². The second-order valence-electron chi connectivity index (χ2n) is 7.28. The van der Waals surface area contributed by atoms with E-state index < -0.39 is 0 Å². The van der Waals surface area contributed by atoms with Crippen LogP contribution in [0.2, 0.25) is 5.02 Å². The van der Waals surface area contributed by atoms with Crippen molar-refractivity contribution in [3.63, 3.8) is 0 Å². The summed E-state index contributed by atoms with van der Waals surface area (Å²) in [6, 6.07) is 20.9. The molecule has 0 radical (unpaired) electrons. The number of phenols is 1. The number of rotatable bonds is 6. The molecule has 6 heteroatoms. The lowest BCUT2D eigenvalue weighted by atomic mass is 9.93. The van der Waals surface area contributed by atoms with Crippen LogP contribution in [0.25, 0.3) is 0 Å². The van der Waals surface area contributed by atoms with E-state index in [1.54, 1.807) is 13.2 Å². The van der Waals surface area contributed by atoms with Crippen LogP contribution in [0.3, 0.4) is 0 Å². The summed E-state index contributed by atoms with van der Waals surface area (Å²) in [5, 5.41) is 15.1. The van der Waals surface area contributed by atoms with Crippen molar-refractivity contribution >= 4 is 17.3 Å². The molecule has 0 amide bonds. The molecule has 0 aliphatic carbocycles. The molecule has 0 fully saturated rings. The summed E-state index contributed by atoms with van der Waals surface area (Å²) in [5.74, 6) is 1.39. The molecule has 1 heterocycles. The second-order valence-corrected chi connectivity index (χ2v) is 7.69. The first-order chi connectivity index (χ1) is 15.1. The summed E-state index contributed by atoms with van der Waals surface area (Å²) in [6.45, 7) is 2.37. The molecule has 0 unspecified atom stereocenters. The number of aliphatic imine (C=N–C) groups is 1. The molecule has 3 aromatic rings. The fourth-order valence-corrected chi connectivity index (χ4v) is 4.07. The maximum absolute atomic E-state index is 10.9. The Balaban J connectivity index is 1.78. The summed E-state index contributed by atoms with van der Waals surface area (Å²) in [6.07, 6.45) is 0.237. The summed E-state index contributed by atoms with van der Waals surface area (Å²) in [4.78, 5) is 4.98. The predicted octanol–water partition coefficient (Wildman–Crippen LogP) is 5.68. The van der Waals surface area contributed by atoms with Gasteiger partial charge < -0.3 is 14.6 Å². The minimum atomic E-state index is -0.358. The zero-order chi connectivity index (χ0) is 21.8. The second kappa shape index (κ2) is 9.41. The summed E-state index contributed by atoms with van der Waals surface area (Å²) in [7, 11) is 1.65. The third-order valence-corrected chi connectivity index (χ3v) is 5.69. The molecule has 4 rings (SSSR count). The van der Waals surface area contributed by atoms with Crippen LogP contribution in [0.4, 0.5) is 0 Å². The van der Waals surface area contributed by atoms with E-state index in [2.05, 4.69) is 5.32 Å². The molecule has 160 valence electrons. The standard InChI is InChI=1S/C25H25ClN2O3/c1-3-31-23-13-7-11-19(24(23)29)22-15-21(16-8-6-9-17(14-16)30-2)27-25(28-22)18-10-4-5-12-20(18)26/h4-14,22,25,28-29H,3,15H2,1-2H3/t22-,25+/m0/s1. The van der Waals surface area contributed by atoms with Gasteiger partial charge in [0.2, 0.25) is 0 Å². The van der Waals surface area contributed by atoms with Crippen molar-refractivity contribution in [2.75, 3.05) is 13.7 Å². The zero-order valence-electron chi connectivity index (χ0n) is 17.5. The smallest absolute Gasteiger partial charge is 0.162 e. The number of hydrogen-bond acceptors (Lipinski definition) is 5. The lowest BCUT2D eigenvalue weighted by Crippen LogP contribution is -2.33. The Kier molecular flexibility index (Phi) is 6.44. The molecule has 2 N–H and O–H groups in total. The van der Waals surface area contributed by atoms with E-state index in [9.17, 15) is 5.11 Å². The van der Waals surface area contributed by atoms with Crippen LogP contribution >= 0.6 is 11.6 Å². The first-order valence-electron chi connectivity index (χ1n) is 10.3. The van der Waals surface area contributed by atoms with E-state index in [1.807, 2.05) is 67.6 Å². The molecule has 0 spiro atoms. The zero-order valence-corrected chi connectivity index (χ0v) is 18.3. The van der Waals surface area contributed by atoms with Gasteiger partial charge in [-0.3, -0.25) is 10.3 Å². The monoisotopic (exact) mass is 436 g/mol. The number of hydrogen-bond donors (Lipinski definition) is 2. The number of aromatic hydroxyl groups is 1. The van der Waals surface area contributed by atoms with Crippen LogP contribution in [-0.2, 0) is 0 Å². The molecule has 0 saturated heterocycles. The van der Waals surface area contributed by atoms with Crippen LogP contribution < -0.4 is 14.8 Å². The number of para-hydroxylation sites is 1. The van der Waals surface area contributed by atoms with Gasteiger partial charge >= 0.3 is 0 Å². The van der Waals surface area contributed by atoms with Crippen molar-refractivity contribution in [1.82, 2.24) is 5.32 Å². The Morgan fingerprint density at radius 2 is 1.84 bits per heavy atom. The highest BCUT2D eigenvalue weighted by Gasteiger charge is 2.29. The minimum Gasteiger partial charge on any atom is -0.504 e. The molecule has 5 nitrogen and oxygen atoms in total. The van der Waals surface area contributed by atoms with Crippen molar-refractivity contribution in [1.29, 1.82) is 0 Å². The van der Waals surface area contributed by atoms with Crippen molar-refractivity contribution in [3.05, 3.63) is 88.4 Å². The number of ether oxygens (including phenoxy) is 2. The molecule has 31 heavy (non-hydrogen) atoms. The number of methoxy groups -OCH3 is 1. The number of halogens is 1. The maximum Gasteiger partial charge on any atom is 0.162 e. The van der Waals surface area contributed by atoms with Crippen molar-refractivity contribution < 1.29 is 14.6 Å². The van der Waals surface area contributed by atoms with E-state index in [1.165, 1.54) is 0 Å². The Labute approximate surface area is 187 Å². The first kappa shape index (κ1) is 21.2. The molecule has 1 aliphatic rings. The minimum absolute atomic E-state index is 0.145. The van der Waals surface area contributed by atoms with Gasteiger partial charge in [-0.25, -0.2) is 0 Å². The van der Waals surface area contributed by atoms with Crippen molar-refractivity contribution in [2.45, 2.75) is 25.6 Å². The molecule has 2 atom stereocenters. The normalized spacial score (nSPS) is 18.4. The lowest BCUT2D eigenvalue weighted by molar-refractivity contribution is 0.313. The van der Waals surface area contributed by atoms with Crippen LogP contribution in [0, 0.1) is 0 Å². The number of benzene rings is 3. The topological polar surface area (TPSA) is 63.1 Å². The summed E-state index contributed by atoms with van der Waals surface area (Å²) >= 11 is 6.49. The van der Waals surface area contributed by atoms with Crippen LogP contribution in [0.15, 0.2) is 71.7 Å².